The predicted molar refractivity (Wildman–Crippen MR) is 101 cm³/mol. The number of nitrogens with one attached hydrogen (secondary N) is 2. The molecule has 0 saturated heterocycles. The Morgan fingerprint density at radius 3 is 2.60 bits per heavy atom. The molecule has 0 spiro atoms. The van der Waals surface area contributed by atoms with Gasteiger partial charge in [0.2, 0.25) is 5.91 Å². The first-order valence-corrected chi connectivity index (χ1v) is 8.82. The summed E-state index contributed by atoms with van der Waals surface area (Å²) in [7, 11) is 1.72. The van der Waals surface area contributed by atoms with E-state index in [-0.39, 0.29) is 5.91 Å². The van der Waals surface area contributed by atoms with E-state index in [0.717, 1.165) is 41.8 Å². The maximum absolute atomic E-state index is 12.3. The van der Waals surface area contributed by atoms with Gasteiger partial charge in [-0.2, -0.15) is 0 Å². The number of aryl methyl sites for hydroxylation is 2. The summed E-state index contributed by atoms with van der Waals surface area (Å²) in [6, 6.07) is 12.6. The largest absolute Gasteiger partial charge is 0.496 e. The predicted octanol–water partition coefficient (Wildman–Crippen LogP) is 3.40. The van der Waals surface area contributed by atoms with Crippen LogP contribution in [0.2, 0.25) is 0 Å². The quantitative estimate of drug-likeness (QED) is 0.878. The molecule has 2 aromatic rings. The summed E-state index contributed by atoms with van der Waals surface area (Å²) in [4.78, 5) is 12.3. The van der Waals surface area contributed by atoms with Crippen molar-refractivity contribution in [2.45, 2.75) is 39.2 Å². The van der Waals surface area contributed by atoms with Crippen molar-refractivity contribution in [2.24, 2.45) is 0 Å². The molecule has 4 heteroatoms. The number of anilines is 1. The van der Waals surface area contributed by atoms with Gasteiger partial charge in [-0.15, -0.1) is 0 Å². The van der Waals surface area contributed by atoms with Gasteiger partial charge in [-0.05, 0) is 61.4 Å². The molecule has 1 atom stereocenters. The monoisotopic (exact) mass is 338 g/mol. The maximum Gasteiger partial charge on any atom is 0.238 e. The third kappa shape index (κ3) is 4.02. The molecule has 1 aliphatic rings. The summed E-state index contributed by atoms with van der Waals surface area (Å²) in [5.41, 5.74) is 5.73. The zero-order valence-electron chi connectivity index (χ0n) is 15.2. The van der Waals surface area contributed by atoms with E-state index in [1.54, 1.807) is 7.11 Å². The van der Waals surface area contributed by atoms with Gasteiger partial charge in [0.25, 0.3) is 0 Å². The van der Waals surface area contributed by atoms with Crippen LogP contribution in [0.1, 0.15) is 28.7 Å². The fraction of sp³-hybridized carbons (Fsp3) is 0.381. The Bertz CT molecular complexity index is 750. The second kappa shape index (κ2) is 7.70. The first-order chi connectivity index (χ1) is 12.1. The number of rotatable bonds is 5. The van der Waals surface area contributed by atoms with Gasteiger partial charge in [0.05, 0.1) is 13.7 Å². The van der Waals surface area contributed by atoms with Crippen molar-refractivity contribution in [3.8, 4) is 5.75 Å². The minimum absolute atomic E-state index is 0.00818. The summed E-state index contributed by atoms with van der Waals surface area (Å²) >= 11 is 0. The van der Waals surface area contributed by atoms with Crippen LogP contribution < -0.4 is 15.4 Å². The van der Waals surface area contributed by atoms with Gasteiger partial charge in [0.1, 0.15) is 5.75 Å². The van der Waals surface area contributed by atoms with Crippen molar-refractivity contribution in [1.82, 2.24) is 5.32 Å². The average molecular weight is 338 g/mol. The molecule has 0 aromatic heterocycles. The zero-order valence-corrected chi connectivity index (χ0v) is 15.2. The molecule has 1 aliphatic carbocycles. The summed E-state index contributed by atoms with van der Waals surface area (Å²) in [6.07, 6.45) is 2.93. The molecule has 4 nitrogen and oxygen atoms in total. The van der Waals surface area contributed by atoms with Crippen LogP contribution in [0, 0.1) is 13.8 Å². The first kappa shape index (κ1) is 17.5. The number of ether oxygens (including phenoxy) is 1. The topological polar surface area (TPSA) is 50.4 Å². The highest BCUT2D eigenvalue weighted by Crippen LogP contribution is 2.29. The number of hydrogen-bond acceptors (Lipinski definition) is 3. The fourth-order valence-electron chi connectivity index (χ4n) is 3.57. The minimum Gasteiger partial charge on any atom is -0.496 e. The molecule has 1 amide bonds. The Morgan fingerprint density at radius 2 is 1.88 bits per heavy atom. The van der Waals surface area contributed by atoms with Crippen LogP contribution in [0.5, 0.6) is 5.75 Å². The van der Waals surface area contributed by atoms with Crippen molar-refractivity contribution in [2.75, 3.05) is 19.0 Å². The fourth-order valence-corrected chi connectivity index (χ4v) is 3.57. The van der Waals surface area contributed by atoms with Gasteiger partial charge in [-0.1, -0.05) is 30.3 Å². The molecule has 2 aromatic carbocycles. The lowest BCUT2D eigenvalue weighted by atomic mass is 9.87. The third-order valence-corrected chi connectivity index (χ3v) is 4.96. The molecule has 0 fully saturated rings. The van der Waals surface area contributed by atoms with Crippen LogP contribution in [0.4, 0.5) is 5.69 Å². The normalized spacial score (nSPS) is 16.2. The van der Waals surface area contributed by atoms with Crippen LogP contribution in [0.3, 0.4) is 0 Å². The lowest BCUT2D eigenvalue weighted by molar-refractivity contribution is -0.115. The molecule has 1 unspecified atom stereocenters. The molecule has 2 N–H and O–H groups in total. The molecule has 25 heavy (non-hydrogen) atoms. The van der Waals surface area contributed by atoms with E-state index < -0.39 is 0 Å². The van der Waals surface area contributed by atoms with E-state index in [9.17, 15) is 4.79 Å². The number of para-hydroxylation sites is 1. The number of benzene rings is 2. The van der Waals surface area contributed by atoms with E-state index in [2.05, 4.69) is 16.7 Å². The average Bonchev–Trinajstić information content (AvgIpc) is 2.62. The first-order valence-electron chi connectivity index (χ1n) is 8.82. The van der Waals surface area contributed by atoms with Gasteiger partial charge in [-0.3, -0.25) is 4.79 Å². The lowest BCUT2D eigenvalue weighted by Gasteiger charge is -2.26. The highest BCUT2D eigenvalue weighted by molar-refractivity contribution is 5.93. The summed E-state index contributed by atoms with van der Waals surface area (Å²) in [5.74, 6) is 0.984. The van der Waals surface area contributed by atoms with Gasteiger partial charge in [0, 0.05) is 11.7 Å². The SMILES string of the molecule is COc1cccc2c1CCC(NCC(=O)Nc1c(C)cccc1C)C2. The second-order valence-corrected chi connectivity index (χ2v) is 6.73. The Hall–Kier alpha value is -2.33. The van der Waals surface area contributed by atoms with E-state index in [1.807, 2.05) is 44.2 Å². The highest BCUT2D eigenvalue weighted by atomic mass is 16.5. The minimum atomic E-state index is 0.00818. The third-order valence-electron chi connectivity index (χ3n) is 4.96. The van der Waals surface area contributed by atoms with Crippen LogP contribution in [-0.4, -0.2) is 25.6 Å². The summed E-state index contributed by atoms with van der Waals surface area (Å²) in [6.45, 7) is 4.36. The number of hydrogen-bond donors (Lipinski definition) is 2. The number of fused-ring (bicyclic) bond motifs is 1. The van der Waals surface area contributed by atoms with E-state index in [4.69, 9.17) is 4.74 Å². The molecule has 3 rings (SSSR count). The van der Waals surface area contributed by atoms with E-state index >= 15 is 0 Å². The van der Waals surface area contributed by atoms with Gasteiger partial charge >= 0.3 is 0 Å². The second-order valence-electron chi connectivity index (χ2n) is 6.73. The standard InChI is InChI=1S/C21H26N2O2/c1-14-6-4-7-15(2)21(14)23-20(24)13-22-17-10-11-18-16(12-17)8-5-9-19(18)25-3/h4-9,17,22H,10-13H2,1-3H3,(H,23,24). The molecule has 0 radical (unpaired) electrons. The number of carbonyl (C=O) groups excluding carboxylic acids is 1. The molecule has 0 heterocycles. The molecule has 132 valence electrons. The van der Waals surface area contributed by atoms with Crippen LogP contribution in [0.25, 0.3) is 0 Å². The Labute approximate surface area is 149 Å². The van der Waals surface area contributed by atoms with Gasteiger partial charge in [-0.25, -0.2) is 0 Å². The molecule has 0 saturated carbocycles. The van der Waals surface area contributed by atoms with Crippen molar-refractivity contribution in [3.05, 3.63) is 58.7 Å². The summed E-state index contributed by atoms with van der Waals surface area (Å²) < 4.78 is 5.45. The van der Waals surface area contributed by atoms with Crippen molar-refractivity contribution in [3.63, 3.8) is 0 Å². The smallest absolute Gasteiger partial charge is 0.238 e. The van der Waals surface area contributed by atoms with Crippen LogP contribution >= 0.6 is 0 Å². The maximum atomic E-state index is 12.3. The molecular weight excluding hydrogens is 312 g/mol. The van der Waals surface area contributed by atoms with Crippen molar-refractivity contribution >= 4 is 11.6 Å². The Kier molecular flexibility index (Phi) is 5.39. The van der Waals surface area contributed by atoms with Gasteiger partial charge in [0.15, 0.2) is 0 Å². The van der Waals surface area contributed by atoms with Crippen molar-refractivity contribution < 1.29 is 9.53 Å². The number of carbonyl (C=O) groups is 1. The highest BCUT2D eigenvalue weighted by Gasteiger charge is 2.21. The zero-order chi connectivity index (χ0) is 17.8. The number of methoxy groups -OCH3 is 1. The van der Waals surface area contributed by atoms with Crippen LogP contribution in [-0.2, 0) is 17.6 Å². The van der Waals surface area contributed by atoms with E-state index in [0.29, 0.717) is 12.6 Å². The van der Waals surface area contributed by atoms with Crippen LogP contribution in [0.15, 0.2) is 36.4 Å². The molecule has 0 aliphatic heterocycles. The molecular formula is C21H26N2O2. The number of amides is 1. The lowest BCUT2D eigenvalue weighted by Crippen LogP contribution is -2.39. The molecule has 0 bridgehead atoms. The van der Waals surface area contributed by atoms with Crippen molar-refractivity contribution in [1.29, 1.82) is 0 Å². The summed E-state index contributed by atoms with van der Waals surface area (Å²) in [5, 5.41) is 6.44. The Balaban J connectivity index is 1.56. The Morgan fingerprint density at radius 1 is 1.16 bits per heavy atom. The van der Waals surface area contributed by atoms with E-state index in [1.165, 1.54) is 11.1 Å². The van der Waals surface area contributed by atoms with Gasteiger partial charge < -0.3 is 15.4 Å².